The Bertz CT molecular complexity index is 763. The number of halogens is 2. The molecule has 1 aliphatic rings. The molecule has 1 amide bonds. The minimum Gasteiger partial charge on any atom is -0.490 e. The number of ether oxygens (including phenoxy) is 2. The van der Waals surface area contributed by atoms with Gasteiger partial charge in [0.2, 0.25) is 5.91 Å². The van der Waals surface area contributed by atoms with Gasteiger partial charge in [-0.2, -0.15) is 0 Å². The normalized spacial score (nSPS) is 14.4. The molecule has 0 radical (unpaired) electrons. The van der Waals surface area contributed by atoms with Crippen LogP contribution in [0.4, 0.5) is 20.2 Å². The predicted octanol–water partition coefficient (Wildman–Crippen LogP) is 3.57. The van der Waals surface area contributed by atoms with Crippen LogP contribution in [0.5, 0.6) is 11.5 Å². The topological polar surface area (TPSA) is 59.6 Å². The molecule has 0 bridgehead atoms. The van der Waals surface area contributed by atoms with Crippen molar-refractivity contribution in [1.82, 2.24) is 0 Å². The van der Waals surface area contributed by atoms with Crippen LogP contribution in [-0.2, 0) is 4.79 Å². The number of para-hydroxylation sites is 1. The van der Waals surface area contributed by atoms with Crippen LogP contribution >= 0.6 is 0 Å². The molecule has 132 valence electrons. The fraction of sp³-hybridized carbons (Fsp3) is 0.278. The molecule has 2 aromatic carbocycles. The van der Waals surface area contributed by atoms with Crippen LogP contribution in [0, 0.1) is 11.6 Å². The number of hydrogen-bond donors (Lipinski definition) is 2. The van der Waals surface area contributed by atoms with E-state index < -0.39 is 29.3 Å². The van der Waals surface area contributed by atoms with Crippen LogP contribution in [0.15, 0.2) is 36.4 Å². The summed E-state index contributed by atoms with van der Waals surface area (Å²) in [7, 11) is 0. The summed E-state index contributed by atoms with van der Waals surface area (Å²) in [5.74, 6) is -0.966. The fourth-order valence-electron chi connectivity index (χ4n) is 2.42. The second-order valence-corrected chi connectivity index (χ2v) is 5.66. The molecular formula is C18H18F2N2O3. The molecule has 2 N–H and O–H groups in total. The average molecular weight is 348 g/mol. The van der Waals surface area contributed by atoms with Gasteiger partial charge in [-0.1, -0.05) is 6.07 Å². The van der Waals surface area contributed by atoms with Gasteiger partial charge in [-0.3, -0.25) is 4.79 Å². The lowest BCUT2D eigenvalue weighted by Crippen LogP contribution is -2.32. The highest BCUT2D eigenvalue weighted by molar-refractivity contribution is 5.96. The Morgan fingerprint density at radius 3 is 2.48 bits per heavy atom. The Kier molecular flexibility index (Phi) is 5.02. The molecule has 0 spiro atoms. The molecule has 1 atom stereocenters. The van der Waals surface area contributed by atoms with E-state index in [2.05, 4.69) is 10.6 Å². The lowest BCUT2D eigenvalue weighted by molar-refractivity contribution is -0.116. The average Bonchev–Trinajstić information content (AvgIpc) is 2.83. The van der Waals surface area contributed by atoms with Crippen LogP contribution in [-0.4, -0.2) is 25.2 Å². The van der Waals surface area contributed by atoms with Crippen molar-refractivity contribution in [3.63, 3.8) is 0 Å². The third-order valence-corrected chi connectivity index (χ3v) is 3.73. The van der Waals surface area contributed by atoms with Crippen LogP contribution in [0.1, 0.15) is 13.3 Å². The smallest absolute Gasteiger partial charge is 0.246 e. The molecule has 1 heterocycles. The van der Waals surface area contributed by atoms with Crippen LogP contribution in [0.3, 0.4) is 0 Å². The van der Waals surface area contributed by atoms with Crippen molar-refractivity contribution in [2.45, 2.75) is 19.4 Å². The highest BCUT2D eigenvalue weighted by atomic mass is 19.1. The van der Waals surface area contributed by atoms with Crippen LogP contribution < -0.4 is 20.1 Å². The molecule has 3 rings (SSSR count). The number of amides is 1. The summed E-state index contributed by atoms with van der Waals surface area (Å²) in [6.07, 6.45) is 0.796. The first-order chi connectivity index (χ1) is 12.0. The Morgan fingerprint density at radius 1 is 1.08 bits per heavy atom. The summed E-state index contributed by atoms with van der Waals surface area (Å²) in [6, 6.07) is 7.92. The van der Waals surface area contributed by atoms with Gasteiger partial charge in [-0.15, -0.1) is 0 Å². The minimum absolute atomic E-state index is 0.459. The van der Waals surface area contributed by atoms with Crippen LogP contribution in [0.25, 0.3) is 0 Å². The molecule has 0 saturated heterocycles. The lowest BCUT2D eigenvalue weighted by Gasteiger charge is -2.17. The van der Waals surface area contributed by atoms with Crippen molar-refractivity contribution in [3.8, 4) is 11.5 Å². The first kappa shape index (κ1) is 17.0. The van der Waals surface area contributed by atoms with Gasteiger partial charge in [0.25, 0.3) is 0 Å². The third-order valence-electron chi connectivity index (χ3n) is 3.73. The highest BCUT2D eigenvalue weighted by Crippen LogP contribution is 2.32. The van der Waals surface area contributed by atoms with Gasteiger partial charge in [0.15, 0.2) is 11.5 Å². The van der Waals surface area contributed by atoms with Crippen molar-refractivity contribution in [2.24, 2.45) is 0 Å². The maximum Gasteiger partial charge on any atom is 0.246 e. The van der Waals surface area contributed by atoms with E-state index in [9.17, 15) is 13.6 Å². The predicted molar refractivity (Wildman–Crippen MR) is 90.1 cm³/mol. The number of carbonyl (C=O) groups excluding carboxylic acids is 1. The van der Waals surface area contributed by atoms with E-state index in [1.807, 2.05) is 0 Å². The second-order valence-electron chi connectivity index (χ2n) is 5.66. The molecule has 0 saturated carbocycles. The molecule has 5 nitrogen and oxygen atoms in total. The Hall–Kier alpha value is -2.83. The van der Waals surface area contributed by atoms with Gasteiger partial charge in [-0.05, 0) is 31.2 Å². The summed E-state index contributed by atoms with van der Waals surface area (Å²) in [5.41, 5.74) is 0.181. The number of rotatable bonds is 4. The van der Waals surface area contributed by atoms with E-state index in [0.717, 1.165) is 18.6 Å². The first-order valence-corrected chi connectivity index (χ1v) is 7.95. The Labute approximate surface area is 143 Å². The third kappa shape index (κ3) is 3.99. The summed E-state index contributed by atoms with van der Waals surface area (Å²) < 4.78 is 38.4. The number of nitrogens with one attached hydrogen (secondary N) is 2. The molecule has 0 aromatic heterocycles. The number of anilines is 2. The number of benzene rings is 2. The number of carbonyl (C=O) groups is 1. The van der Waals surface area contributed by atoms with Crippen molar-refractivity contribution >= 4 is 17.3 Å². The molecule has 0 fully saturated rings. The Balaban J connectivity index is 1.68. The molecule has 25 heavy (non-hydrogen) atoms. The van der Waals surface area contributed by atoms with Crippen molar-refractivity contribution in [3.05, 3.63) is 48.0 Å². The Morgan fingerprint density at radius 2 is 1.76 bits per heavy atom. The zero-order valence-electron chi connectivity index (χ0n) is 13.6. The zero-order valence-corrected chi connectivity index (χ0v) is 13.6. The number of fused-ring (bicyclic) bond motifs is 1. The van der Waals surface area contributed by atoms with E-state index >= 15 is 0 Å². The summed E-state index contributed by atoms with van der Waals surface area (Å²) in [4.78, 5) is 12.2. The maximum atomic E-state index is 13.6. The minimum atomic E-state index is -0.823. The van der Waals surface area contributed by atoms with E-state index in [4.69, 9.17) is 9.47 Å². The summed E-state index contributed by atoms with van der Waals surface area (Å²) in [5, 5.41) is 5.24. The molecule has 1 aliphatic heterocycles. The molecular weight excluding hydrogens is 330 g/mol. The monoisotopic (exact) mass is 348 g/mol. The molecule has 2 aromatic rings. The molecule has 7 heteroatoms. The second kappa shape index (κ2) is 7.38. The lowest BCUT2D eigenvalue weighted by atomic mass is 10.2. The summed E-state index contributed by atoms with van der Waals surface area (Å²) in [6.45, 7) is 2.74. The molecule has 0 aliphatic carbocycles. The van der Waals surface area contributed by atoms with Gasteiger partial charge in [-0.25, -0.2) is 8.78 Å². The van der Waals surface area contributed by atoms with E-state index in [1.54, 1.807) is 25.1 Å². The van der Waals surface area contributed by atoms with Crippen molar-refractivity contribution < 1.29 is 23.0 Å². The van der Waals surface area contributed by atoms with Gasteiger partial charge in [0.05, 0.1) is 13.2 Å². The van der Waals surface area contributed by atoms with Crippen LogP contribution in [0.2, 0.25) is 0 Å². The van der Waals surface area contributed by atoms with E-state index in [1.165, 1.54) is 6.07 Å². The zero-order chi connectivity index (χ0) is 17.8. The largest absolute Gasteiger partial charge is 0.490 e. The quantitative estimate of drug-likeness (QED) is 0.887. The van der Waals surface area contributed by atoms with E-state index in [-0.39, 0.29) is 0 Å². The maximum absolute atomic E-state index is 13.6. The van der Waals surface area contributed by atoms with E-state index in [0.29, 0.717) is 30.4 Å². The van der Waals surface area contributed by atoms with Crippen molar-refractivity contribution in [1.29, 1.82) is 0 Å². The highest BCUT2D eigenvalue weighted by Gasteiger charge is 2.18. The number of hydrogen-bond acceptors (Lipinski definition) is 4. The first-order valence-electron chi connectivity index (χ1n) is 7.95. The van der Waals surface area contributed by atoms with Gasteiger partial charge >= 0.3 is 0 Å². The van der Waals surface area contributed by atoms with Gasteiger partial charge in [0.1, 0.15) is 23.4 Å². The SMILES string of the molecule is CC(Nc1ccc2c(c1)OCCCO2)C(=O)Nc1c(F)cccc1F. The standard InChI is InChI=1S/C18H18F2N2O3/c1-11(18(23)22-17-13(19)4-2-5-14(17)20)21-12-6-7-15-16(10-12)25-9-3-8-24-15/h2,4-7,10-11,21H,3,8-9H2,1H3,(H,22,23). The van der Waals surface area contributed by atoms with Gasteiger partial charge < -0.3 is 20.1 Å². The van der Waals surface area contributed by atoms with Crippen molar-refractivity contribution in [2.75, 3.05) is 23.8 Å². The summed E-state index contributed by atoms with van der Waals surface area (Å²) >= 11 is 0. The molecule has 1 unspecified atom stereocenters. The fourth-order valence-corrected chi connectivity index (χ4v) is 2.42. The van der Waals surface area contributed by atoms with Gasteiger partial charge in [0, 0.05) is 18.2 Å².